The van der Waals surface area contributed by atoms with Crippen LogP contribution in [0.5, 0.6) is 0 Å². The molecule has 0 saturated carbocycles. The van der Waals surface area contributed by atoms with Crippen LogP contribution in [0.1, 0.15) is 60.2 Å². The molecule has 2 aliphatic heterocycles. The van der Waals surface area contributed by atoms with Gasteiger partial charge in [-0.3, -0.25) is 14.7 Å². The normalized spacial score (nSPS) is 18.3. The highest BCUT2D eigenvalue weighted by Crippen LogP contribution is 2.42. The van der Waals surface area contributed by atoms with Crippen molar-refractivity contribution in [1.29, 1.82) is 0 Å². The number of hydrogen-bond acceptors (Lipinski definition) is 5. The van der Waals surface area contributed by atoms with E-state index < -0.39 is 5.54 Å². The van der Waals surface area contributed by atoms with Crippen molar-refractivity contribution in [2.75, 3.05) is 33.4 Å². The van der Waals surface area contributed by atoms with Crippen molar-refractivity contribution >= 4 is 11.8 Å². The minimum atomic E-state index is -0.491. The molecular weight excluding hydrogens is 372 g/mol. The quantitative estimate of drug-likeness (QED) is 0.807. The number of piperidine rings is 1. The number of aromatic amines is 2. The maximum atomic E-state index is 12.9. The Labute approximate surface area is 169 Å². The zero-order valence-corrected chi connectivity index (χ0v) is 17.2. The zero-order valence-electron chi connectivity index (χ0n) is 17.2. The van der Waals surface area contributed by atoms with Gasteiger partial charge in [0.05, 0.1) is 17.6 Å². The zero-order chi connectivity index (χ0) is 20.6. The molecule has 0 aliphatic carbocycles. The molecule has 4 heterocycles. The molecule has 0 radical (unpaired) electrons. The Morgan fingerprint density at radius 1 is 1.28 bits per heavy atom. The summed E-state index contributed by atoms with van der Waals surface area (Å²) in [5, 5.41) is 7.15. The number of nitrogens with one attached hydrogen (secondary N) is 2. The van der Waals surface area contributed by atoms with Gasteiger partial charge in [0, 0.05) is 44.6 Å². The average molecular weight is 400 g/mol. The molecule has 0 bridgehead atoms. The Bertz CT molecular complexity index is 894. The van der Waals surface area contributed by atoms with Crippen molar-refractivity contribution in [1.82, 2.24) is 30.0 Å². The summed E-state index contributed by atoms with van der Waals surface area (Å²) in [6, 6.07) is 1.83. The van der Waals surface area contributed by atoms with E-state index in [1.165, 1.54) is 7.11 Å². The van der Waals surface area contributed by atoms with Crippen LogP contribution in [0.4, 0.5) is 0 Å². The van der Waals surface area contributed by atoms with Gasteiger partial charge in [-0.1, -0.05) is 13.8 Å². The molecule has 0 atom stereocenters. The van der Waals surface area contributed by atoms with E-state index in [1.54, 1.807) is 6.33 Å². The van der Waals surface area contributed by atoms with Crippen LogP contribution < -0.4 is 0 Å². The van der Waals surface area contributed by atoms with Crippen molar-refractivity contribution in [3.05, 3.63) is 35.2 Å². The number of H-pyrrole nitrogens is 2. The van der Waals surface area contributed by atoms with Crippen molar-refractivity contribution in [3.63, 3.8) is 0 Å². The molecule has 2 aliphatic rings. The van der Waals surface area contributed by atoms with E-state index in [0.717, 1.165) is 23.5 Å². The lowest BCUT2D eigenvalue weighted by Crippen LogP contribution is -2.59. The molecule has 2 N–H and O–H groups in total. The van der Waals surface area contributed by atoms with Gasteiger partial charge in [-0.15, -0.1) is 0 Å². The summed E-state index contributed by atoms with van der Waals surface area (Å²) < 4.78 is 5.10. The van der Waals surface area contributed by atoms with E-state index in [2.05, 4.69) is 34.0 Å². The molecule has 2 amide bonds. The summed E-state index contributed by atoms with van der Waals surface area (Å²) in [5.74, 6) is 0.181. The molecule has 2 aromatic heterocycles. The summed E-state index contributed by atoms with van der Waals surface area (Å²) in [6.45, 7) is 5.89. The molecule has 1 fully saturated rings. The monoisotopic (exact) mass is 400 g/mol. The molecule has 29 heavy (non-hydrogen) atoms. The number of likely N-dealkylation sites (tertiary alicyclic amines) is 1. The number of carbonyl (C=O) groups is 2. The molecule has 0 aromatic carbocycles. The SMILES string of the molecule is COCC(=O)N1CCc2[nH]cnc2C12CCN(C(=O)c1cc(C(C)C)[nH]n1)CC2. The molecular formula is C20H28N6O3. The predicted octanol–water partition coefficient (Wildman–Crippen LogP) is 1.42. The first-order chi connectivity index (χ1) is 14.0. The van der Waals surface area contributed by atoms with Crippen molar-refractivity contribution in [2.24, 2.45) is 0 Å². The second-order valence-electron chi connectivity index (χ2n) is 8.15. The van der Waals surface area contributed by atoms with E-state index in [9.17, 15) is 9.59 Å². The minimum absolute atomic E-state index is 0.0326. The molecule has 9 nitrogen and oxygen atoms in total. The molecule has 4 rings (SSSR count). The average Bonchev–Trinajstić information content (AvgIpc) is 3.39. The fraction of sp³-hybridized carbons (Fsp3) is 0.600. The Balaban J connectivity index is 1.55. The summed E-state index contributed by atoms with van der Waals surface area (Å²) in [6.07, 6.45) is 3.74. The third kappa shape index (κ3) is 3.33. The number of ether oxygens (including phenoxy) is 1. The van der Waals surface area contributed by atoms with E-state index in [0.29, 0.717) is 38.2 Å². The molecule has 1 spiro atoms. The highest BCUT2D eigenvalue weighted by Gasteiger charge is 2.49. The van der Waals surface area contributed by atoms with Crippen LogP contribution in [0.3, 0.4) is 0 Å². The number of methoxy groups -OCH3 is 1. The third-order valence-electron chi connectivity index (χ3n) is 6.15. The summed E-state index contributed by atoms with van der Waals surface area (Å²) >= 11 is 0. The summed E-state index contributed by atoms with van der Waals surface area (Å²) in [7, 11) is 1.53. The highest BCUT2D eigenvalue weighted by molar-refractivity contribution is 5.92. The first kappa shape index (κ1) is 19.6. The fourth-order valence-corrected chi connectivity index (χ4v) is 4.53. The molecule has 0 unspecified atom stereocenters. The van der Waals surface area contributed by atoms with Gasteiger partial charge < -0.3 is 19.5 Å². The Morgan fingerprint density at radius 3 is 2.69 bits per heavy atom. The van der Waals surface area contributed by atoms with Crippen LogP contribution in [-0.2, 0) is 21.5 Å². The van der Waals surface area contributed by atoms with Crippen LogP contribution in [-0.4, -0.2) is 75.1 Å². The van der Waals surface area contributed by atoms with Crippen LogP contribution >= 0.6 is 0 Å². The van der Waals surface area contributed by atoms with Gasteiger partial charge >= 0.3 is 0 Å². The summed E-state index contributed by atoms with van der Waals surface area (Å²) in [4.78, 5) is 37.2. The third-order valence-corrected chi connectivity index (χ3v) is 6.15. The van der Waals surface area contributed by atoms with Crippen molar-refractivity contribution in [2.45, 2.75) is 44.6 Å². The van der Waals surface area contributed by atoms with Crippen LogP contribution in [0.25, 0.3) is 0 Å². The number of aromatic nitrogens is 4. The van der Waals surface area contributed by atoms with Crippen LogP contribution in [0, 0.1) is 0 Å². The van der Waals surface area contributed by atoms with E-state index in [4.69, 9.17) is 4.74 Å². The number of hydrogen-bond donors (Lipinski definition) is 2. The van der Waals surface area contributed by atoms with E-state index in [1.807, 2.05) is 15.9 Å². The first-order valence-corrected chi connectivity index (χ1v) is 10.1. The largest absolute Gasteiger partial charge is 0.375 e. The lowest BCUT2D eigenvalue weighted by molar-refractivity contribution is -0.145. The number of carbonyl (C=O) groups excluding carboxylic acids is 2. The van der Waals surface area contributed by atoms with Gasteiger partial charge in [-0.25, -0.2) is 4.98 Å². The number of fused-ring (bicyclic) bond motifs is 2. The number of nitrogens with zero attached hydrogens (tertiary/aromatic N) is 4. The maximum Gasteiger partial charge on any atom is 0.274 e. The second-order valence-corrected chi connectivity index (χ2v) is 8.15. The van der Waals surface area contributed by atoms with E-state index in [-0.39, 0.29) is 24.3 Å². The number of amides is 2. The Hall–Kier alpha value is -2.68. The highest BCUT2D eigenvalue weighted by atomic mass is 16.5. The fourth-order valence-electron chi connectivity index (χ4n) is 4.53. The van der Waals surface area contributed by atoms with Crippen LogP contribution in [0.15, 0.2) is 12.4 Å². The number of rotatable bonds is 4. The Morgan fingerprint density at radius 2 is 2.03 bits per heavy atom. The minimum Gasteiger partial charge on any atom is -0.375 e. The summed E-state index contributed by atoms with van der Waals surface area (Å²) in [5.41, 5.74) is 2.92. The van der Waals surface area contributed by atoms with E-state index >= 15 is 0 Å². The van der Waals surface area contributed by atoms with Gasteiger partial charge in [0.1, 0.15) is 12.3 Å². The smallest absolute Gasteiger partial charge is 0.274 e. The van der Waals surface area contributed by atoms with Crippen molar-refractivity contribution in [3.8, 4) is 0 Å². The van der Waals surface area contributed by atoms with Crippen LogP contribution in [0.2, 0.25) is 0 Å². The standard InChI is InChI=1S/C20H28N6O3/c1-13(2)15-10-16(24-23-15)19(28)25-8-5-20(6-9-25)18-14(21-12-22-18)4-7-26(20)17(27)11-29-3/h10,12-13H,4-9,11H2,1-3H3,(H,21,22)(H,23,24). The lowest BCUT2D eigenvalue weighted by Gasteiger charge is -2.50. The van der Waals surface area contributed by atoms with Gasteiger partial charge in [-0.05, 0) is 24.8 Å². The lowest BCUT2D eigenvalue weighted by atomic mass is 9.78. The Kier molecular flexibility index (Phi) is 5.16. The number of imidazole rings is 1. The molecule has 156 valence electrons. The topological polar surface area (TPSA) is 107 Å². The predicted molar refractivity (Wildman–Crippen MR) is 105 cm³/mol. The molecule has 2 aromatic rings. The molecule has 1 saturated heterocycles. The van der Waals surface area contributed by atoms with Gasteiger partial charge in [0.25, 0.3) is 5.91 Å². The first-order valence-electron chi connectivity index (χ1n) is 10.1. The maximum absolute atomic E-state index is 12.9. The second kappa shape index (κ2) is 7.62. The van der Waals surface area contributed by atoms with Gasteiger partial charge in [0.2, 0.25) is 5.91 Å². The van der Waals surface area contributed by atoms with Crippen molar-refractivity contribution < 1.29 is 14.3 Å². The van der Waals surface area contributed by atoms with Gasteiger partial charge in [-0.2, -0.15) is 5.10 Å². The molecule has 9 heteroatoms. The van der Waals surface area contributed by atoms with Gasteiger partial charge in [0.15, 0.2) is 0 Å².